The summed E-state index contributed by atoms with van der Waals surface area (Å²) >= 11 is 4.34. The Morgan fingerprint density at radius 3 is 2.89 bits per heavy atom. The summed E-state index contributed by atoms with van der Waals surface area (Å²) in [7, 11) is 1.89. The number of nitrogens with zero attached hydrogens (tertiary/aromatic N) is 3. The van der Waals surface area contributed by atoms with Crippen molar-refractivity contribution < 1.29 is 14.3 Å². The minimum absolute atomic E-state index is 0.171. The van der Waals surface area contributed by atoms with E-state index in [1.165, 1.54) is 28.0 Å². The number of aromatic nitrogens is 3. The first-order valence-corrected chi connectivity index (χ1v) is 11.3. The molecule has 7 nitrogen and oxygen atoms in total. The summed E-state index contributed by atoms with van der Waals surface area (Å²) in [5.74, 6) is 0.384. The second-order valence-corrected chi connectivity index (χ2v) is 9.10. The summed E-state index contributed by atoms with van der Waals surface area (Å²) in [5.41, 5.74) is 0.389. The van der Waals surface area contributed by atoms with Gasteiger partial charge in [-0.2, -0.15) is 0 Å². The van der Waals surface area contributed by atoms with Crippen LogP contribution in [0.4, 0.5) is 5.00 Å². The van der Waals surface area contributed by atoms with E-state index in [9.17, 15) is 9.59 Å². The topological polar surface area (TPSA) is 86.1 Å². The molecule has 3 aromatic rings. The van der Waals surface area contributed by atoms with E-state index in [0.29, 0.717) is 22.1 Å². The van der Waals surface area contributed by atoms with Crippen LogP contribution in [0.2, 0.25) is 0 Å². The molecule has 0 fully saturated rings. The summed E-state index contributed by atoms with van der Waals surface area (Å²) in [6.45, 7) is 3.92. The van der Waals surface area contributed by atoms with Gasteiger partial charge in [-0.05, 0) is 31.4 Å². The van der Waals surface area contributed by atoms with E-state index in [1.807, 2.05) is 30.0 Å². The van der Waals surface area contributed by atoms with Crippen molar-refractivity contribution in [1.82, 2.24) is 14.8 Å². The fourth-order valence-corrected chi connectivity index (χ4v) is 4.80. The summed E-state index contributed by atoms with van der Waals surface area (Å²) in [6, 6.07) is 5.79. The zero-order valence-electron chi connectivity index (χ0n) is 15.7. The van der Waals surface area contributed by atoms with Crippen LogP contribution >= 0.6 is 34.4 Å². The van der Waals surface area contributed by atoms with Gasteiger partial charge in [-0.3, -0.25) is 4.79 Å². The molecule has 0 atom stereocenters. The van der Waals surface area contributed by atoms with Gasteiger partial charge >= 0.3 is 5.97 Å². The zero-order chi connectivity index (χ0) is 20.1. The monoisotopic (exact) mass is 436 g/mol. The van der Waals surface area contributed by atoms with Crippen molar-refractivity contribution in [3.8, 4) is 0 Å². The average Bonchev–Trinajstić information content (AvgIpc) is 3.37. The molecule has 0 bridgehead atoms. The molecule has 0 radical (unpaired) electrons. The maximum atomic E-state index is 12.4. The van der Waals surface area contributed by atoms with Crippen molar-refractivity contribution in [1.29, 1.82) is 0 Å². The second kappa shape index (κ2) is 9.35. The minimum Gasteiger partial charge on any atom is -0.462 e. The molecule has 0 saturated heterocycles. The van der Waals surface area contributed by atoms with Crippen LogP contribution in [0.15, 0.2) is 28.7 Å². The predicted molar refractivity (Wildman–Crippen MR) is 112 cm³/mol. The molecule has 0 aliphatic heterocycles. The highest BCUT2D eigenvalue weighted by Crippen LogP contribution is 2.29. The fraction of sp³-hybridized carbons (Fsp3) is 0.333. The number of rotatable bonds is 8. The Balaban J connectivity index is 1.59. The van der Waals surface area contributed by atoms with Gasteiger partial charge in [0.1, 0.15) is 10.8 Å². The summed E-state index contributed by atoms with van der Waals surface area (Å²) in [4.78, 5) is 26.5. The van der Waals surface area contributed by atoms with Gasteiger partial charge in [-0.1, -0.05) is 17.8 Å². The summed E-state index contributed by atoms with van der Waals surface area (Å²) < 4.78 is 6.94. The number of carbonyl (C=O) groups is 2. The molecule has 0 spiro atoms. The minimum atomic E-state index is -0.429. The number of aryl methyl sites for hydroxylation is 1. The quantitative estimate of drug-likeness (QED) is 0.428. The van der Waals surface area contributed by atoms with E-state index in [0.717, 1.165) is 10.7 Å². The van der Waals surface area contributed by atoms with E-state index in [-0.39, 0.29) is 18.3 Å². The maximum absolute atomic E-state index is 12.4. The molecule has 3 heterocycles. The van der Waals surface area contributed by atoms with Crippen LogP contribution < -0.4 is 5.32 Å². The molecule has 28 heavy (non-hydrogen) atoms. The van der Waals surface area contributed by atoms with Crippen molar-refractivity contribution in [2.45, 2.75) is 25.4 Å². The Morgan fingerprint density at radius 1 is 1.36 bits per heavy atom. The normalized spacial score (nSPS) is 10.8. The van der Waals surface area contributed by atoms with Crippen LogP contribution in [0.5, 0.6) is 0 Å². The summed E-state index contributed by atoms with van der Waals surface area (Å²) in [6.07, 6.45) is 0.714. The Hall–Kier alpha value is -2.17. The largest absolute Gasteiger partial charge is 0.462 e. The maximum Gasteiger partial charge on any atom is 0.341 e. The molecule has 0 aromatic carbocycles. The first-order chi connectivity index (χ1) is 13.5. The number of esters is 1. The molecule has 148 valence electrons. The number of thiophene rings is 2. The molecular formula is C18H20N4O3S3. The van der Waals surface area contributed by atoms with Gasteiger partial charge in [-0.15, -0.1) is 32.9 Å². The Labute approximate surface area is 175 Å². The third-order valence-electron chi connectivity index (χ3n) is 3.77. The Kier molecular flexibility index (Phi) is 6.87. The molecule has 0 unspecified atom stereocenters. The molecule has 1 N–H and O–H groups in total. The standard InChI is InChI=1S/C18H20N4O3S3/c1-4-25-17(24)13-8-11(2)28-16(13)19-15(23)10-27-18-21-20-14(22(18)3)9-12-6-5-7-26-12/h5-8H,4,9-10H2,1-3H3,(H,19,23). The Bertz CT molecular complexity index is 963. The number of anilines is 1. The van der Waals surface area contributed by atoms with Crippen molar-refractivity contribution >= 4 is 51.3 Å². The molecule has 0 saturated carbocycles. The van der Waals surface area contributed by atoms with Crippen LogP contribution in [0.25, 0.3) is 0 Å². The van der Waals surface area contributed by atoms with Gasteiger partial charge in [0.25, 0.3) is 0 Å². The van der Waals surface area contributed by atoms with Crippen LogP contribution in [0.1, 0.15) is 32.9 Å². The number of amides is 1. The predicted octanol–water partition coefficient (Wildman–Crippen LogP) is 3.74. The molecule has 0 aliphatic rings. The SMILES string of the molecule is CCOC(=O)c1cc(C)sc1NC(=O)CSc1nnc(Cc2cccs2)n1C. The molecule has 3 aromatic heterocycles. The molecule has 0 aliphatic carbocycles. The molecule has 1 amide bonds. The lowest BCUT2D eigenvalue weighted by molar-refractivity contribution is -0.113. The van der Waals surface area contributed by atoms with Gasteiger partial charge in [0.15, 0.2) is 5.16 Å². The van der Waals surface area contributed by atoms with Crippen LogP contribution in [0.3, 0.4) is 0 Å². The van der Waals surface area contributed by atoms with Crippen molar-refractivity contribution in [3.63, 3.8) is 0 Å². The number of hydrogen-bond donors (Lipinski definition) is 1. The first-order valence-electron chi connectivity index (χ1n) is 8.58. The van der Waals surface area contributed by atoms with Crippen LogP contribution in [0, 0.1) is 6.92 Å². The third kappa shape index (κ3) is 5.00. The number of carbonyl (C=O) groups excluding carboxylic acids is 2. The van der Waals surface area contributed by atoms with Crippen molar-refractivity contribution in [2.75, 3.05) is 17.7 Å². The molecule has 3 rings (SSSR count). The average molecular weight is 437 g/mol. The van der Waals surface area contributed by atoms with Gasteiger partial charge in [0.2, 0.25) is 5.91 Å². The lowest BCUT2D eigenvalue weighted by Gasteiger charge is -2.06. The second-order valence-electron chi connectivity index (χ2n) is 5.87. The van der Waals surface area contributed by atoms with Crippen molar-refractivity contribution in [3.05, 3.63) is 44.7 Å². The molecule has 10 heteroatoms. The van der Waals surface area contributed by atoms with Gasteiger partial charge in [0.05, 0.1) is 17.9 Å². The number of nitrogens with one attached hydrogen (secondary N) is 1. The zero-order valence-corrected chi connectivity index (χ0v) is 18.2. The van der Waals surface area contributed by atoms with Crippen LogP contribution in [-0.2, 0) is 23.0 Å². The highest BCUT2D eigenvalue weighted by Gasteiger charge is 2.19. The van der Waals surface area contributed by atoms with Gasteiger partial charge in [0, 0.05) is 23.2 Å². The van der Waals surface area contributed by atoms with Crippen molar-refractivity contribution in [2.24, 2.45) is 7.05 Å². The Morgan fingerprint density at radius 2 is 2.18 bits per heavy atom. The van der Waals surface area contributed by atoms with E-state index in [4.69, 9.17) is 4.74 Å². The van der Waals surface area contributed by atoms with E-state index in [2.05, 4.69) is 21.6 Å². The highest BCUT2D eigenvalue weighted by atomic mass is 32.2. The van der Waals surface area contributed by atoms with Crippen LogP contribution in [-0.4, -0.2) is 39.0 Å². The molecular weight excluding hydrogens is 416 g/mol. The van der Waals surface area contributed by atoms with Gasteiger partial charge in [-0.25, -0.2) is 4.79 Å². The van der Waals surface area contributed by atoms with E-state index in [1.54, 1.807) is 24.3 Å². The third-order valence-corrected chi connectivity index (χ3v) is 6.64. The van der Waals surface area contributed by atoms with Gasteiger partial charge < -0.3 is 14.6 Å². The van der Waals surface area contributed by atoms with E-state index >= 15 is 0 Å². The highest BCUT2D eigenvalue weighted by molar-refractivity contribution is 7.99. The first kappa shape index (κ1) is 20.6. The number of hydrogen-bond acceptors (Lipinski definition) is 8. The number of ether oxygens (including phenoxy) is 1. The summed E-state index contributed by atoms with van der Waals surface area (Å²) in [5, 5.41) is 14.4. The fourth-order valence-electron chi connectivity index (χ4n) is 2.45. The number of thioether (sulfide) groups is 1. The smallest absolute Gasteiger partial charge is 0.341 e. The lowest BCUT2D eigenvalue weighted by atomic mass is 10.3. The van der Waals surface area contributed by atoms with E-state index < -0.39 is 5.97 Å². The lowest BCUT2D eigenvalue weighted by Crippen LogP contribution is -2.16.